The molecule has 19 heavy (non-hydrogen) atoms. The summed E-state index contributed by atoms with van der Waals surface area (Å²) in [5.74, 6) is 0. The number of rotatable bonds is 4. The first-order valence-corrected chi connectivity index (χ1v) is 8.20. The summed E-state index contributed by atoms with van der Waals surface area (Å²) >= 11 is 5.47. The van der Waals surface area contributed by atoms with Crippen LogP contribution in [-0.4, -0.2) is 6.54 Å². The van der Waals surface area contributed by atoms with E-state index in [0.717, 1.165) is 6.54 Å². The number of hydrogen-bond acceptors (Lipinski definition) is 2. The second-order valence-corrected chi connectivity index (χ2v) is 7.03. The van der Waals surface area contributed by atoms with Gasteiger partial charge in [-0.1, -0.05) is 25.1 Å². The minimum absolute atomic E-state index is 0.291. The van der Waals surface area contributed by atoms with E-state index in [1.165, 1.54) is 30.9 Å². The Balaban J connectivity index is 2.41. The van der Waals surface area contributed by atoms with Crippen LogP contribution in [0.3, 0.4) is 0 Å². The quantitative estimate of drug-likeness (QED) is 0.814. The third kappa shape index (κ3) is 3.28. The average molecular weight is 338 g/mol. The Bertz CT molecular complexity index is 555. The van der Waals surface area contributed by atoms with Gasteiger partial charge in [-0.25, -0.2) is 0 Å². The fraction of sp³-hybridized carbons (Fsp3) is 0.375. The van der Waals surface area contributed by atoms with Gasteiger partial charge in [0.25, 0.3) is 0 Å². The SMILES string of the molecule is CCNC(c1ccc(C)c(C)c1)c1cc(Br)c(C)s1. The molecule has 0 saturated heterocycles. The lowest BCUT2D eigenvalue weighted by molar-refractivity contribution is 0.639. The van der Waals surface area contributed by atoms with Crippen molar-refractivity contribution in [2.45, 2.75) is 33.7 Å². The summed E-state index contributed by atoms with van der Waals surface area (Å²) in [4.78, 5) is 2.70. The molecule has 0 aliphatic carbocycles. The predicted molar refractivity (Wildman–Crippen MR) is 88.2 cm³/mol. The lowest BCUT2D eigenvalue weighted by Crippen LogP contribution is -2.21. The number of halogens is 1. The second-order valence-electron chi connectivity index (χ2n) is 4.89. The van der Waals surface area contributed by atoms with Crippen LogP contribution in [-0.2, 0) is 0 Å². The highest BCUT2D eigenvalue weighted by molar-refractivity contribution is 9.10. The third-order valence-electron chi connectivity index (χ3n) is 3.43. The van der Waals surface area contributed by atoms with Crippen molar-refractivity contribution in [1.29, 1.82) is 0 Å². The molecule has 0 spiro atoms. The normalized spacial score (nSPS) is 12.7. The number of nitrogens with one attached hydrogen (secondary N) is 1. The second kappa shape index (κ2) is 6.21. The van der Waals surface area contributed by atoms with Crippen molar-refractivity contribution in [3.05, 3.63) is 55.2 Å². The van der Waals surface area contributed by atoms with Crippen LogP contribution in [0.2, 0.25) is 0 Å². The molecule has 1 unspecified atom stereocenters. The monoisotopic (exact) mass is 337 g/mol. The van der Waals surface area contributed by atoms with Gasteiger partial charge in [-0.05, 0) is 66.0 Å². The molecule has 0 saturated carbocycles. The topological polar surface area (TPSA) is 12.0 Å². The Morgan fingerprint density at radius 2 is 1.89 bits per heavy atom. The summed E-state index contributed by atoms with van der Waals surface area (Å²) in [6.45, 7) is 9.61. The number of thiophene rings is 1. The van der Waals surface area contributed by atoms with E-state index in [0.29, 0.717) is 6.04 Å². The van der Waals surface area contributed by atoms with Gasteiger partial charge < -0.3 is 5.32 Å². The molecule has 0 aliphatic heterocycles. The maximum absolute atomic E-state index is 3.62. The van der Waals surface area contributed by atoms with Crippen molar-refractivity contribution < 1.29 is 0 Å². The van der Waals surface area contributed by atoms with E-state index < -0.39 is 0 Å². The minimum atomic E-state index is 0.291. The van der Waals surface area contributed by atoms with Crippen molar-refractivity contribution in [3.63, 3.8) is 0 Å². The highest BCUT2D eigenvalue weighted by Crippen LogP contribution is 2.34. The lowest BCUT2D eigenvalue weighted by Gasteiger charge is -2.18. The Kier molecular flexibility index (Phi) is 4.82. The number of benzene rings is 1. The smallest absolute Gasteiger partial charge is 0.0671 e. The first-order chi connectivity index (χ1) is 9.02. The molecule has 1 aromatic carbocycles. The zero-order valence-corrected chi connectivity index (χ0v) is 14.3. The summed E-state index contributed by atoms with van der Waals surface area (Å²) in [5.41, 5.74) is 4.05. The van der Waals surface area contributed by atoms with Crippen LogP contribution in [0.1, 0.15) is 39.4 Å². The maximum Gasteiger partial charge on any atom is 0.0671 e. The molecule has 0 fully saturated rings. The van der Waals surface area contributed by atoms with Crippen LogP contribution in [0.25, 0.3) is 0 Å². The van der Waals surface area contributed by atoms with Gasteiger partial charge in [0, 0.05) is 14.2 Å². The van der Waals surface area contributed by atoms with Crippen LogP contribution in [0.15, 0.2) is 28.7 Å². The zero-order valence-electron chi connectivity index (χ0n) is 11.9. The van der Waals surface area contributed by atoms with Crippen molar-refractivity contribution in [2.24, 2.45) is 0 Å². The molecule has 102 valence electrons. The van der Waals surface area contributed by atoms with E-state index >= 15 is 0 Å². The minimum Gasteiger partial charge on any atom is -0.306 e. The molecule has 1 atom stereocenters. The van der Waals surface area contributed by atoms with E-state index in [4.69, 9.17) is 0 Å². The van der Waals surface area contributed by atoms with Gasteiger partial charge >= 0.3 is 0 Å². The molecule has 1 heterocycles. The lowest BCUT2D eigenvalue weighted by atomic mass is 10.00. The van der Waals surface area contributed by atoms with Gasteiger partial charge in [0.15, 0.2) is 0 Å². The van der Waals surface area contributed by atoms with E-state index in [1.807, 2.05) is 11.3 Å². The molecule has 0 bridgehead atoms. The summed E-state index contributed by atoms with van der Waals surface area (Å²) in [5, 5.41) is 3.59. The zero-order chi connectivity index (χ0) is 14.0. The van der Waals surface area contributed by atoms with Crippen molar-refractivity contribution >= 4 is 27.3 Å². The Hall–Kier alpha value is -0.640. The van der Waals surface area contributed by atoms with Crippen LogP contribution < -0.4 is 5.32 Å². The van der Waals surface area contributed by atoms with Gasteiger partial charge in [-0.15, -0.1) is 11.3 Å². The number of hydrogen-bond donors (Lipinski definition) is 1. The first-order valence-electron chi connectivity index (χ1n) is 6.59. The molecule has 0 amide bonds. The highest BCUT2D eigenvalue weighted by atomic mass is 79.9. The summed E-state index contributed by atoms with van der Waals surface area (Å²) in [6.07, 6.45) is 0. The van der Waals surface area contributed by atoms with Gasteiger partial charge in [0.2, 0.25) is 0 Å². The van der Waals surface area contributed by atoms with Gasteiger partial charge in [0.1, 0.15) is 0 Å². The Morgan fingerprint density at radius 3 is 2.42 bits per heavy atom. The molecular weight excluding hydrogens is 318 g/mol. The van der Waals surface area contributed by atoms with E-state index in [2.05, 4.69) is 73.2 Å². The van der Waals surface area contributed by atoms with Crippen molar-refractivity contribution in [3.8, 4) is 0 Å². The molecule has 1 nitrogen and oxygen atoms in total. The molecule has 0 radical (unpaired) electrons. The van der Waals surface area contributed by atoms with Crippen LogP contribution in [0.5, 0.6) is 0 Å². The summed E-state index contributed by atoms with van der Waals surface area (Å²) in [7, 11) is 0. The van der Waals surface area contributed by atoms with Crippen molar-refractivity contribution in [2.75, 3.05) is 6.54 Å². The first kappa shape index (κ1) is 14.8. The molecule has 0 aliphatic rings. The fourth-order valence-corrected chi connectivity index (χ4v) is 3.82. The standard InChI is InChI=1S/C16H20BrNS/c1-5-18-16(15-9-14(17)12(4)19-15)13-7-6-10(2)11(3)8-13/h6-9,16,18H,5H2,1-4H3. The maximum atomic E-state index is 3.62. The van der Waals surface area contributed by atoms with Gasteiger partial charge in [-0.2, -0.15) is 0 Å². The van der Waals surface area contributed by atoms with Gasteiger partial charge in [0.05, 0.1) is 6.04 Å². The molecular formula is C16H20BrNS. The van der Waals surface area contributed by atoms with Crippen LogP contribution in [0.4, 0.5) is 0 Å². The molecule has 1 aromatic heterocycles. The van der Waals surface area contributed by atoms with Crippen LogP contribution in [0, 0.1) is 20.8 Å². The van der Waals surface area contributed by atoms with E-state index in [1.54, 1.807) is 0 Å². The third-order valence-corrected chi connectivity index (χ3v) is 5.63. The Labute approximate surface area is 128 Å². The molecule has 2 aromatic rings. The van der Waals surface area contributed by atoms with Crippen LogP contribution >= 0.6 is 27.3 Å². The van der Waals surface area contributed by atoms with E-state index in [9.17, 15) is 0 Å². The predicted octanol–water partition coefficient (Wildman–Crippen LogP) is 5.13. The Morgan fingerprint density at radius 1 is 1.16 bits per heavy atom. The van der Waals surface area contributed by atoms with Crippen molar-refractivity contribution in [1.82, 2.24) is 5.32 Å². The largest absolute Gasteiger partial charge is 0.306 e. The summed E-state index contributed by atoms with van der Waals surface area (Å²) < 4.78 is 1.21. The molecule has 3 heteroatoms. The number of aryl methyl sites for hydroxylation is 3. The molecule has 1 N–H and O–H groups in total. The summed E-state index contributed by atoms with van der Waals surface area (Å²) in [6, 6.07) is 9.27. The highest BCUT2D eigenvalue weighted by Gasteiger charge is 2.16. The molecule has 2 rings (SSSR count). The fourth-order valence-electron chi connectivity index (χ4n) is 2.15. The average Bonchev–Trinajstić information content (AvgIpc) is 2.70. The van der Waals surface area contributed by atoms with Gasteiger partial charge in [-0.3, -0.25) is 0 Å². The van der Waals surface area contributed by atoms with E-state index in [-0.39, 0.29) is 0 Å².